The number of rotatable bonds is 7. The van der Waals surface area contributed by atoms with E-state index >= 15 is 0 Å². The van der Waals surface area contributed by atoms with Crippen molar-refractivity contribution < 1.29 is 19.1 Å². The van der Waals surface area contributed by atoms with Crippen LogP contribution >= 0.6 is 38.3 Å². The van der Waals surface area contributed by atoms with Gasteiger partial charge in [-0.05, 0) is 37.9 Å². The summed E-state index contributed by atoms with van der Waals surface area (Å²) in [6, 6.07) is 6.14. The molecule has 1 aromatic heterocycles. The van der Waals surface area contributed by atoms with E-state index in [9.17, 15) is 14.4 Å². The van der Waals surface area contributed by atoms with E-state index in [0.29, 0.717) is 24.9 Å². The number of fused-ring (bicyclic) bond motifs is 1. The van der Waals surface area contributed by atoms with Crippen LogP contribution in [0.1, 0.15) is 44.5 Å². The zero-order valence-corrected chi connectivity index (χ0v) is 25.5. The highest BCUT2D eigenvalue weighted by Crippen LogP contribution is 2.29. The van der Waals surface area contributed by atoms with Crippen molar-refractivity contribution in [3.8, 4) is 11.3 Å². The summed E-state index contributed by atoms with van der Waals surface area (Å²) in [5.74, 6) is -0.362. The Balaban J connectivity index is 0.00000187. The van der Waals surface area contributed by atoms with Gasteiger partial charge in [0.1, 0.15) is 18.7 Å². The number of anilines is 1. The maximum Gasteiger partial charge on any atom is 0.251 e. The molecule has 0 spiro atoms. The Morgan fingerprint density at radius 1 is 1.10 bits per heavy atom. The van der Waals surface area contributed by atoms with Crippen LogP contribution in [0.25, 0.3) is 11.3 Å². The maximum absolute atomic E-state index is 13.4. The van der Waals surface area contributed by atoms with Gasteiger partial charge in [0.05, 0.1) is 11.8 Å². The number of hydrogen-bond acceptors (Lipinski definition) is 8. The first-order valence-electron chi connectivity index (χ1n) is 13.0. The zero-order chi connectivity index (χ0) is 26.1. The molecule has 12 heteroatoms. The summed E-state index contributed by atoms with van der Waals surface area (Å²) in [5, 5.41) is 6.02. The SMILES string of the molecule is C.CC(C)C[C@H](NC(=O)c1ccc(-c2csc(N3CCN(C)CC3)n2)cc1)C(=O)N1CC[C@H]2OCC(=O)[C@H]21.S.S. The first-order chi connectivity index (χ1) is 17.8. The van der Waals surface area contributed by atoms with Gasteiger partial charge in [0.25, 0.3) is 5.91 Å². The molecule has 0 saturated carbocycles. The molecular formula is C28H43N5O4S3. The second-order valence-electron chi connectivity index (χ2n) is 10.6. The number of ether oxygens (including phenoxy) is 1. The molecule has 0 unspecified atom stereocenters. The summed E-state index contributed by atoms with van der Waals surface area (Å²) in [5.41, 5.74) is 2.33. The molecule has 0 bridgehead atoms. The molecule has 2 amide bonds. The third kappa shape index (κ3) is 7.39. The minimum Gasteiger partial charge on any atom is -0.368 e. The summed E-state index contributed by atoms with van der Waals surface area (Å²) in [4.78, 5) is 49.9. The van der Waals surface area contributed by atoms with E-state index in [1.807, 2.05) is 26.0 Å². The van der Waals surface area contributed by atoms with Gasteiger partial charge in [0, 0.05) is 49.2 Å². The van der Waals surface area contributed by atoms with Crippen LogP contribution in [0, 0.1) is 5.92 Å². The Morgan fingerprint density at radius 3 is 2.42 bits per heavy atom. The number of aromatic nitrogens is 1. The number of thiazole rings is 1. The number of piperazine rings is 1. The molecule has 222 valence electrons. The van der Waals surface area contributed by atoms with Crippen LogP contribution in [0.5, 0.6) is 0 Å². The first-order valence-corrected chi connectivity index (χ1v) is 13.9. The average molecular weight is 610 g/mol. The summed E-state index contributed by atoms with van der Waals surface area (Å²) < 4.78 is 5.53. The fourth-order valence-corrected chi connectivity index (χ4v) is 6.20. The zero-order valence-electron chi connectivity index (χ0n) is 22.7. The third-order valence-electron chi connectivity index (χ3n) is 7.41. The van der Waals surface area contributed by atoms with Gasteiger partial charge < -0.3 is 24.8 Å². The lowest BCUT2D eigenvalue weighted by Gasteiger charge is -2.32. The summed E-state index contributed by atoms with van der Waals surface area (Å²) in [7, 11) is 2.14. The van der Waals surface area contributed by atoms with Crippen LogP contribution in [-0.2, 0) is 14.3 Å². The number of likely N-dealkylation sites (tertiary alicyclic amines) is 1. The van der Waals surface area contributed by atoms with E-state index in [0.717, 1.165) is 42.6 Å². The second kappa shape index (κ2) is 14.7. The van der Waals surface area contributed by atoms with Crippen molar-refractivity contribution in [1.82, 2.24) is 20.1 Å². The molecule has 5 rings (SSSR count). The minimum atomic E-state index is -0.691. The molecule has 2 aromatic rings. The van der Waals surface area contributed by atoms with Gasteiger partial charge in [-0.3, -0.25) is 14.4 Å². The molecule has 0 radical (unpaired) electrons. The Hall–Kier alpha value is -2.12. The van der Waals surface area contributed by atoms with Crippen molar-refractivity contribution in [2.24, 2.45) is 5.92 Å². The Kier molecular flexibility index (Phi) is 12.5. The highest BCUT2D eigenvalue weighted by Gasteiger charge is 2.48. The van der Waals surface area contributed by atoms with Crippen LogP contribution in [0.15, 0.2) is 29.6 Å². The predicted molar refractivity (Wildman–Crippen MR) is 170 cm³/mol. The summed E-state index contributed by atoms with van der Waals surface area (Å²) >= 11 is 1.64. The van der Waals surface area contributed by atoms with E-state index < -0.39 is 12.1 Å². The Labute approximate surface area is 255 Å². The van der Waals surface area contributed by atoms with E-state index in [4.69, 9.17) is 9.72 Å². The molecule has 4 heterocycles. The Morgan fingerprint density at radius 2 is 1.77 bits per heavy atom. The van der Waals surface area contributed by atoms with Gasteiger partial charge in [-0.15, -0.1) is 11.3 Å². The van der Waals surface area contributed by atoms with Gasteiger partial charge in [-0.25, -0.2) is 4.98 Å². The number of amides is 2. The van der Waals surface area contributed by atoms with Crippen LogP contribution in [0.4, 0.5) is 5.13 Å². The number of likely N-dealkylation sites (N-methyl/N-ethyl adjacent to an activating group) is 1. The van der Waals surface area contributed by atoms with Crippen LogP contribution in [-0.4, -0.2) is 96.9 Å². The molecule has 3 fully saturated rings. The molecule has 9 nitrogen and oxygen atoms in total. The lowest BCUT2D eigenvalue weighted by molar-refractivity contribution is -0.138. The van der Waals surface area contributed by atoms with Crippen molar-refractivity contribution >= 4 is 61.1 Å². The minimum absolute atomic E-state index is 0. The molecule has 0 aliphatic carbocycles. The van der Waals surface area contributed by atoms with Crippen molar-refractivity contribution in [2.45, 2.75) is 52.3 Å². The summed E-state index contributed by atoms with van der Waals surface area (Å²) in [6.07, 6.45) is 0.931. The number of carbonyl (C=O) groups is 3. The van der Waals surface area contributed by atoms with Crippen molar-refractivity contribution in [3.05, 3.63) is 35.2 Å². The van der Waals surface area contributed by atoms with E-state index in [1.165, 1.54) is 0 Å². The van der Waals surface area contributed by atoms with Crippen molar-refractivity contribution in [1.29, 1.82) is 0 Å². The summed E-state index contributed by atoms with van der Waals surface area (Å²) in [6.45, 7) is 8.57. The van der Waals surface area contributed by atoms with Crippen LogP contribution < -0.4 is 10.2 Å². The predicted octanol–water partition coefficient (Wildman–Crippen LogP) is 3.14. The first kappa shape index (κ1) is 34.1. The van der Waals surface area contributed by atoms with Gasteiger partial charge in [0.15, 0.2) is 10.9 Å². The van der Waals surface area contributed by atoms with Crippen LogP contribution in [0.3, 0.4) is 0 Å². The number of Topliss-reactive ketones (excluding diaryl/α,β-unsaturated/α-hetero) is 1. The molecule has 3 aliphatic rings. The quantitative estimate of drug-likeness (QED) is 0.516. The normalized spacial score (nSPS) is 21.2. The van der Waals surface area contributed by atoms with Gasteiger partial charge >= 0.3 is 0 Å². The highest BCUT2D eigenvalue weighted by atomic mass is 32.1. The van der Waals surface area contributed by atoms with E-state index in [2.05, 4.69) is 27.5 Å². The van der Waals surface area contributed by atoms with Gasteiger partial charge in [0.2, 0.25) is 5.91 Å². The molecule has 40 heavy (non-hydrogen) atoms. The highest BCUT2D eigenvalue weighted by molar-refractivity contribution is 7.59. The molecule has 1 N–H and O–H groups in total. The number of hydrogen-bond donors (Lipinski definition) is 1. The fourth-order valence-electron chi connectivity index (χ4n) is 5.31. The molecule has 3 aliphatic heterocycles. The maximum atomic E-state index is 13.4. The smallest absolute Gasteiger partial charge is 0.251 e. The Bertz CT molecular complexity index is 1150. The topological polar surface area (TPSA) is 95.1 Å². The number of ketones is 1. The van der Waals surface area contributed by atoms with Crippen molar-refractivity contribution in [3.63, 3.8) is 0 Å². The second-order valence-corrected chi connectivity index (χ2v) is 11.5. The third-order valence-corrected chi connectivity index (χ3v) is 8.32. The lowest BCUT2D eigenvalue weighted by Crippen LogP contribution is -2.52. The number of benzene rings is 1. The largest absolute Gasteiger partial charge is 0.368 e. The number of carbonyl (C=O) groups excluding carboxylic acids is 3. The van der Waals surface area contributed by atoms with Crippen LogP contribution in [0.2, 0.25) is 0 Å². The molecule has 1 aromatic carbocycles. The average Bonchev–Trinajstić information content (AvgIpc) is 3.62. The molecular weight excluding hydrogens is 567 g/mol. The lowest BCUT2D eigenvalue weighted by atomic mass is 10.0. The molecule has 3 atom stereocenters. The van der Waals surface area contributed by atoms with E-state index in [-0.39, 0.29) is 70.6 Å². The standard InChI is InChI=1S/C27H35N5O4S.CH4.2H2S/c1-17(2)14-20(26(35)32-9-8-23-24(32)22(33)15-36-23)28-25(34)19-6-4-18(5-7-19)21-16-37-27(29-21)31-12-10-30(3)11-13-31;;;/h4-7,16-17,20,23-24H,8-15H2,1-3H3,(H,28,34);1H4;2*1H2/t20-,23+,24+;;;/m0.../s1. The number of nitrogens with zero attached hydrogens (tertiary/aromatic N) is 4. The van der Waals surface area contributed by atoms with Gasteiger partial charge in [-0.2, -0.15) is 27.0 Å². The van der Waals surface area contributed by atoms with Gasteiger partial charge in [-0.1, -0.05) is 33.4 Å². The van der Waals surface area contributed by atoms with Crippen molar-refractivity contribution in [2.75, 3.05) is 51.3 Å². The van der Waals surface area contributed by atoms with E-state index in [1.54, 1.807) is 28.4 Å². The monoisotopic (exact) mass is 609 g/mol. The fraction of sp³-hybridized carbons (Fsp3) is 0.571. The molecule has 3 saturated heterocycles. The number of nitrogens with one attached hydrogen (secondary N) is 1.